The van der Waals surface area contributed by atoms with Crippen molar-refractivity contribution >= 4 is 29.8 Å². The van der Waals surface area contributed by atoms with E-state index in [1.165, 1.54) is 28.2 Å². The number of allylic oxidation sites excluding steroid dienone is 3. The highest BCUT2D eigenvalue weighted by molar-refractivity contribution is 5.89. The number of alkyl carbamates (subject to hydrolysis) is 1. The predicted molar refractivity (Wildman–Crippen MR) is 197 cm³/mol. The van der Waals surface area contributed by atoms with Crippen LogP contribution in [0.15, 0.2) is 36.6 Å². The molecular weight excluding hydrogens is 638 g/mol. The summed E-state index contributed by atoms with van der Waals surface area (Å²) in [7, 11) is 6.55. The molecule has 0 spiro atoms. The average molecular weight is 704 g/mol. The Kier molecular flexibility index (Phi) is 19.5. The maximum absolute atomic E-state index is 13.8. The summed E-state index contributed by atoms with van der Waals surface area (Å²) in [6, 6.07) is -1.43. The van der Waals surface area contributed by atoms with E-state index in [1.807, 2.05) is 50.0 Å². The lowest BCUT2D eigenvalue weighted by molar-refractivity contribution is -0.159. The third kappa shape index (κ3) is 16.3. The Morgan fingerprint density at radius 3 is 2.10 bits per heavy atom. The van der Waals surface area contributed by atoms with Gasteiger partial charge in [0.15, 0.2) is 0 Å². The lowest BCUT2D eigenvalue weighted by atomic mass is 9.84. The summed E-state index contributed by atoms with van der Waals surface area (Å²) in [4.78, 5) is 71.6. The zero-order valence-corrected chi connectivity index (χ0v) is 32.5. The van der Waals surface area contributed by atoms with Crippen LogP contribution in [0.5, 0.6) is 0 Å². The number of carbonyl (C=O) groups excluding carboxylic acids is 5. The third-order valence-corrected chi connectivity index (χ3v) is 9.00. The van der Waals surface area contributed by atoms with Gasteiger partial charge in [0.1, 0.15) is 24.2 Å². The van der Waals surface area contributed by atoms with Crippen LogP contribution in [0.2, 0.25) is 0 Å². The molecule has 1 aliphatic carbocycles. The van der Waals surface area contributed by atoms with Crippen molar-refractivity contribution in [3.8, 4) is 0 Å². The molecule has 0 bridgehead atoms. The molecule has 284 valence electrons. The number of esters is 1. The molecule has 0 aromatic carbocycles. The number of hydrogen-bond acceptors (Lipinski definition) is 8. The number of carbonyl (C=O) groups is 5. The minimum absolute atomic E-state index is 0.128. The molecular formula is C38H65N5O7. The Morgan fingerprint density at radius 2 is 1.52 bits per heavy atom. The van der Waals surface area contributed by atoms with Crippen LogP contribution in [-0.2, 0) is 28.7 Å². The molecule has 1 aliphatic rings. The molecule has 1 saturated carbocycles. The molecule has 1 N–H and O–H groups in total. The van der Waals surface area contributed by atoms with Crippen LogP contribution >= 0.6 is 0 Å². The van der Waals surface area contributed by atoms with Gasteiger partial charge in [-0.15, -0.1) is 0 Å². The van der Waals surface area contributed by atoms with Gasteiger partial charge in [-0.05, 0) is 52.4 Å². The van der Waals surface area contributed by atoms with Gasteiger partial charge in [-0.2, -0.15) is 0 Å². The van der Waals surface area contributed by atoms with E-state index in [4.69, 9.17) is 9.47 Å². The van der Waals surface area contributed by atoms with E-state index >= 15 is 0 Å². The van der Waals surface area contributed by atoms with Crippen molar-refractivity contribution in [3.05, 3.63) is 36.6 Å². The van der Waals surface area contributed by atoms with E-state index in [0.717, 1.165) is 25.7 Å². The second kappa shape index (κ2) is 22.1. The normalized spacial score (nSPS) is 15.6. The van der Waals surface area contributed by atoms with Crippen LogP contribution in [0.1, 0.15) is 92.9 Å². The van der Waals surface area contributed by atoms with Gasteiger partial charge in [-0.1, -0.05) is 83.3 Å². The van der Waals surface area contributed by atoms with Crippen LogP contribution in [-0.4, -0.2) is 122 Å². The number of hydrogen-bond donors (Lipinski definition) is 1. The summed E-state index contributed by atoms with van der Waals surface area (Å²) in [5.74, 6) is -1.24. The fraction of sp³-hybridized carbons (Fsp3) is 0.711. The maximum Gasteiger partial charge on any atom is 0.407 e. The summed E-state index contributed by atoms with van der Waals surface area (Å²) in [5, 5.41) is 2.69. The molecule has 4 amide bonds. The first-order valence-corrected chi connectivity index (χ1v) is 18.0. The highest BCUT2D eigenvalue weighted by atomic mass is 16.6. The summed E-state index contributed by atoms with van der Waals surface area (Å²) in [6.45, 7) is 15.2. The molecule has 3 atom stereocenters. The van der Waals surface area contributed by atoms with E-state index < -0.39 is 35.7 Å². The number of amides is 4. The Labute approximate surface area is 301 Å². The molecule has 0 aromatic heterocycles. The first-order chi connectivity index (χ1) is 23.4. The van der Waals surface area contributed by atoms with Crippen molar-refractivity contribution in [3.63, 3.8) is 0 Å². The minimum Gasteiger partial charge on any atom is -0.459 e. The highest BCUT2D eigenvalue weighted by Crippen LogP contribution is 2.30. The third-order valence-electron chi connectivity index (χ3n) is 9.00. The number of likely N-dealkylation sites (N-methyl/N-ethyl adjacent to an activating group) is 4. The van der Waals surface area contributed by atoms with Crippen LogP contribution in [0.3, 0.4) is 0 Å². The molecule has 50 heavy (non-hydrogen) atoms. The van der Waals surface area contributed by atoms with Gasteiger partial charge in [-0.3, -0.25) is 19.2 Å². The zero-order valence-electron chi connectivity index (χ0n) is 32.5. The van der Waals surface area contributed by atoms with Crippen molar-refractivity contribution in [2.45, 2.75) is 111 Å². The molecule has 0 heterocycles. The number of ether oxygens (including phenoxy) is 2. The number of rotatable bonds is 19. The fourth-order valence-corrected chi connectivity index (χ4v) is 5.75. The van der Waals surface area contributed by atoms with Gasteiger partial charge in [0, 0.05) is 33.9 Å². The summed E-state index contributed by atoms with van der Waals surface area (Å²) in [6.07, 6.45) is 14.1. The predicted octanol–water partition coefficient (Wildman–Crippen LogP) is 5.15. The molecule has 1 rings (SSSR count). The lowest BCUT2D eigenvalue weighted by Gasteiger charge is -2.37. The van der Waals surface area contributed by atoms with E-state index in [9.17, 15) is 24.0 Å². The van der Waals surface area contributed by atoms with Gasteiger partial charge in [0.25, 0.3) is 0 Å². The Bertz CT molecular complexity index is 1190. The molecule has 0 aliphatic heterocycles. The molecule has 2 unspecified atom stereocenters. The molecule has 0 saturated heterocycles. The minimum atomic E-state index is -0.862. The van der Waals surface area contributed by atoms with E-state index in [2.05, 4.69) is 11.9 Å². The van der Waals surface area contributed by atoms with Gasteiger partial charge in [0.05, 0.1) is 19.7 Å². The Hall–Kier alpha value is -3.83. The molecule has 12 nitrogen and oxygen atoms in total. The highest BCUT2D eigenvalue weighted by Gasteiger charge is 2.33. The largest absolute Gasteiger partial charge is 0.459 e. The second-order valence-electron chi connectivity index (χ2n) is 14.5. The quantitative estimate of drug-likeness (QED) is 0.111. The van der Waals surface area contributed by atoms with Crippen molar-refractivity contribution in [2.75, 3.05) is 54.4 Å². The average Bonchev–Trinajstić information content (AvgIpc) is 3.05. The van der Waals surface area contributed by atoms with Gasteiger partial charge in [-0.25, -0.2) is 4.79 Å². The molecule has 1 fully saturated rings. The van der Waals surface area contributed by atoms with Gasteiger partial charge < -0.3 is 34.4 Å². The zero-order chi connectivity index (χ0) is 38.0. The Balaban J connectivity index is 2.92. The van der Waals surface area contributed by atoms with Gasteiger partial charge in [0.2, 0.25) is 17.7 Å². The van der Waals surface area contributed by atoms with Crippen molar-refractivity contribution in [1.82, 2.24) is 24.9 Å². The number of nitrogens with one attached hydrogen (secondary N) is 1. The molecule has 12 heteroatoms. The molecule has 0 aromatic rings. The van der Waals surface area contributed by atoms with Crippen LogP contribution < -0.4 is 5.32 Å². The first-order valence-electron chi connectivity index (χ1n) is 18.0. The van der Waals surface area contributed by atoms with Crippen molar-refractivity contribution < 1.29 is 33.4 Å². The monoisotopic (exact) mass is 703 g/mol. The second-order valence-corrected chi connectivity index (χ2v) is 14.5. The van der Waals surface area contributed by atoms with E-state index in [-0.39, 0.29) is 44.0 Å². The maximum atomic E-state index is 13.8. The van der Waals surface area contributed by atoms with Crippen molar-refractivity contribution in [1.29, 1.82) is 0 Å². The van der Waals surface area contributed by atoms with Gasteiger partial charge >= 0.3 is 12.1 Å². The first kappa shape index (κ1) is 44.2. The fourth-order valence-electron chi connectivity index (χ4n) is 5.75. The molecule has 0 radical (unpaired) electrons. The smallest absolute Gasteiger partial charge is 0.407 e. The topological polar surface area (TPSA) is 129 Å². The van der Waals surface area contributed by atoms with Crippen molar-refractivity contribution in [2.24, 2.45) is 11.8 Å². The lowest BCUT2D eigenvalue weighted by Crippen LogP contribution is -2.53. The van der Waals surface area contributed by atoms with Crippen LogP contribution in [0.25, 0.3) is 0 Å². The van der Waals surface area contributed by atoms with Crippen LogP contribution in [0.4, 0.5) is 4.79 Å². The summed E-state index contributed by atoms with van der Waals surface area (Å²) >= 11 is 0. The summed E-state index contributed by atoms with van der Waals surface area (Å²) in [5.41, 5.74) is -0.109. The van der Waals surface area contributed by atoms with E-state index in [0.29, 0.717) is 30.9 Å². The summed E-state index contributed by atoms with van der Waals surface area (Å²) < 4.78 is 10.7. The Morgan fingerprint density at radius 1 is 0.900 bits per heavy atom. The van der Waals surface area contributed by atoms with Crippen LogP contribution in [0, 0.1) is 11.8 Å². The SMILES string of the molecule is C=C(CN(C)C(=O)CN(C)C(=O)C(NC(=O)OCC/C=C\C=C/C)[C@@H](C)CC)N(C)C(CC1CCCCC1)C(=O)N(C)CC(=O)OC(C)(C)C. The van der Waals surface area contributed by atoms with E-state index in [1.54, 1.807) is 41.9 Å². The number of nitrogens with zero attached hydrogens (tertiary/aromatic N) is 4. The standard InChI is InChI=1S/C38H65N5O7/c1-12-14-15-16-20-23-49-37(48)39-34(28(3)13-2)36(47)41(9)26-32(44)40(8)25-29(4)43(11)31(24-30-21-18-17-19-22-30)35(46)42(10)27-33(45)50-38(5,6)7/h12,14-16,28,30-31,34H,4,13,17-27H2,1-3,5-11H3,(H,39,48)/b14-12-,16-15-/t28-,31?,34?/m0/s1.